The zero-order chi connectivity index (χ0) is 26.8. The Hall–Kier alpha value is -2.12. The van der Waals surface area contributed by atoms with Crippen molar-refractivity contribution in [2.24, 2.45) is 0 Å². The van der Waals surface area contributed by atoms with E-state index in [2.05, 4.69) is 11.8 Å². The van der Waals surface area contributed by atoms with Crippen LogP contribution in [0.1, 0.15) is 126 Å². The molecule has 37 heavy (non-hydrogen) atoms. The maximum Gasteiger partial charge on any atom is 0.305 e. The molecule has 1 N–H and O–H groups in total. The molecule has 1 aromatic rings. The first kappa shape index (κ1) is 32.9. The van der Waals surface area contributed by atoms with Crippen molar-refractivity contribution >= 4 is 12.3 Å². The number of hydrogen-bond donors (Lipinski definition) is 1. The lowest BCUT2D eigenvalue weighted by atomic mass is 10.1. The first-order chi connectivity index (χ1) is 18.2. The zero-order valence-corrected chi connectivity index (χ0v) is 23.1. The van der Waals surface area contributed by atoms with Gasteiger partial charge in [0.25, 0.3) is 0 Å². The van der Waals surface area contributed by atoms with E-state index in [-0.39, 0.29) is 5.97 Å². The first-order valence-electron chi connectivity index (χ1n) is 14.5. The van der Waals surface area contributed by atoms with Gasteiger partial charge in [-0.05, 0) is 56.7 Å². The summed E-state index contributed by atoms with van der Waals surface area (Å²) < 4.78 is 16.8. The molecule has 0 unspecified atom stereocenters. The van der Waals surface area contributed by atoms with Gasteiger partial charge in [0.2, 0.25) is 0 Å². The van der Waals surface area contributed by atoms with Gasteiger partial charge in [0.1, 0.15) is 11.5 Å². The molecule has 0 spiro atoms. The van der Waals surface area contributed by atoms with Crippen LogP contribution in [0.2, 0.25) is 0 Å². The molecule has 0 amide bonds. The van der Waals surface area contributed by atoms with Crippen LogP contribution in [0.5, 0.6) is 11.5 Å². The van der Waals surface area contributed by atoms with E-state index in [1.807, 2.05) is 6.07 Å². The summed E-state index contributed by atoms with van der Waals surface area (Å²) in [6.45, 7) is 4.20. The average Bonchev–Trinajstić information content (AvgIpc) is 2.91. The summed E-state index contributed by atoms with van der Waals surface area (Å²) in [5.41, 5.74) is 0.485. The van der Waals surface area contributed by atoms with Crippen LogP contribution in [0.3, 0.4) is 0 Å². The zero-order valence-electron chi connectivity index (χ0n) is 23.1. The molecule has 0 heterocycles. The monoisotopic (exact) mass is 522 g/mol. The summed E-state index contributed by atoms with van der Waals surface area (Å²) in [7, 11) is 0. The number of carbonyl (C=O) groups excluding carboxylic acids is 2. The van der Waals surface area contributed by atoms with Crippen LogP contribution in [0.4, 0.5) is 0 Å². The molecular weight excluding hydrogens is 472 g/mol. The summed E-state index contributed by atoms with van der Waals surface area (Å²) in [5.74, 6) is 1.19. The fourth-order valence-corrected chi connectivity index (χ4v) is 4.05. The van der Waals surface area contributed by atoms with Crippen molar-refractivity contribution in [2.75, 3.05) is 26.4 Å². The Bertz CT molecular complexity index is 693. The Morgan fingerprint density at radius 3 is 1.97 bits per heavy atom. The lowest BCUT2D eigenvalue weighted by Gasteiger charge is -2.11. The largest absolute Gasteiger partial charge is 0.494 e. The van der Waals surface area contributed by atoms with Gasteiger partial charge in [-0.1, -0.05) is 71.1 Å². The molecule has 1 aromatic carbocycles. The van der Waals surface area contributed by atoms with E-state index in [0.29, 0.717) is 49.9 Å². The molecule has 1 rings (SSSR count). The van der Waals surface area contributed by atoms with Crippen molar-refractivity contribution in [1.82, 2.24) is 0 Å². The van der Waals surface area contributed by atoms with Gasteiger partial charge in [-0.3, -0.25) is 14.8 Å². The molecule has 7 nitrogen and oxygen atoms in total. The van der Waals surface area contributed by atoms with E-state index in [4.69, 9.17) is 19.5 Å². The van der Waals surface area contributed by atoms with Gasteiger partial charge in [-0.25, -0.2) is 4.89 Å². The number of esters is 1. The lowest BCUT2D eigenvalue weighted by Crippen LogP contribution is -2.05. The number of ether oxygens (including phenoxy) is 3. The molecule has 0 aromatic heterocycles. The summed E-state index contributed by atoms with van der Waals surface area (Å²) in [6, 6.07) is 5.32. The summed E-state index contributed by atoms with van der Waals surface area (Å²) in [6.07, 6.45) is 18.6. The van der Waals surface area contributed by atoms with Gasteiger partial charge in [0.15, 0.2) is 6.29 Å². The molecule has 212 valence electrons. The normalized spacial score (nSPS) is 10.9. The molecule has 0 aliphatic heterocycles. The molecule has 7 heteroatoms. The topological polar surface area (TPSA) is 91.3 Å². The Kier molecular flexibility index (Phi) is 21.6. The minimum atomic E-state index is -0.0483. The number of carbonyl (C=O) groups is 2. The van der Waals surface area contributed by atoms with Gasteiger partial charge in [0.05, 0.1) is 32.0 Å². The molecule has 0 aliphatic carbocycles. The molecule has 0 aliphatic rings. The maximum absolute atomic E-state index is 11.8. The van der Waals surface area contributed by atoms with Crippen LogP contribution in [-0.4, -0.2) is 43.9 Å². The van der Waals surface area contributed by atoms with Gasteiger partial charge in [-0.15, -0.1) is 0 Å². The standard InChI is InChI=1S/C30H50O7/c1-2-3-4-5-6-9-13-18-30(32)36-23-15-11-8-7-10-14-21-34-28-19-20-29(27(25-28)26-31)35-22-16-12-17-24-37-33/h19-20,25-26,33H,2-18,21-24H2,1H3. The van der Waals surface area contributed by atoms with E-state index >= 15 is 0 Å². The first-order valence-corrected chi connectivity index (χ1v) is 14.5. The van der Waals surface area contributed by atoms with Crippen molar-refractivity contribution in [3.8, 4) is 11.5 Å². The average molecular weight is 523 g/mol. The van der Waals surface area contributed by atoms with Crippen molar-refractivity contribution in [3.05, 3.63) is 23.8 Å². The van der Waals surface area contributed by atoms with Crippen LogP contribution >= 0.6 is 0 Å². The Morgan fingerprint density at radius 1 is 0.730 bits per heavy atom. The number of unbranched alkanes of at least 4 members (excludes halogenated alkanes) is 13. The SMILES string of the molecule is CCCCCCCCCC(=O)OCCCCCCCCOc1ccc(OCCCCCOO)c(C=O)c1. The summed E-state index contributed by atoms with van der Waals surface area (Å²) >= 11 is 0. The highest BCUT2D eigenvalue weighted by Gasteiger charge is 2.06. The van der Waals surface area contributed by atoms with Crippen molar-refractivity contribution in [3.63, 3.8) is 0 Å². The van der Waals surface area contributed by atoms with Crippen molar-refractivity contribution < 1.29 is 33.9 Å². The predicted molar refractivity (Wildman–Crippen MR) is 147 cm³/mol. The smallest absolute Gasteiger partial charge is 0.305 e. The number of benzene rings is 1. The van der Waals surface area contributed by atoms with Crippen LogP contribution < -0.4 is 9.47 Å². The molecule has 0 saturated carbocycles. The third kappa shape index (κ3) is 18.7. The van der Waals surface area contributed by atoms with Crippen LogP contribution in [-0.2, 0) is 14.4 Å². The highest BCUT2D eigenvalue weighted by molar-refractivity contribution is 5.80. The molecular formula is C30H50O7. The number of hydrogen-bond acceptors (Lipinski definition) is 7. The third-order valence-electron chi connectivity index (χ3n) is 6.30. The van der Waals surface area contributed by atoms with Crippen molar-refractivity contribution in [2.45, 2.75) is 116 Å². The summed E-state index contributed by atoms with van der Waals surface area (Å²) in [4.78, 5) is 27.2. The van der Waals surface area contributed by atoms with E-state index < -0.39 is 0 Å². The Morgan fingerprint density at radius 2 is 1.30 bits per heavy atom. The molecule has 0 fully saturated rings. The van der Waals surface area contributed by atoms with E-state index in [0.717, 1.165) is 76.9 Å². The number of aldehydes is 1. The van der Waals surface area contributed by atoms with Crippen LogP contribution in [0.15, 0.2) is 18.2 Å². The van der Waals surface area contributed by atoms with E-state index in [1.54, 1.807) is 12.1 Å². The quantitative estimate of drug-likeness (QED) is 0.0434. The maximum atomic E-state index is 11.8. The fraction of sp³-hybridized carbons (Fsp3) is 0.733. The Balaban J connectivity index is 1.99. The molecule has 0 atom stereocenters. The minimum Gasteiger partial charge on any atom is -0.494 e. The van der Waals surface area contributed by atoms with E-state index in [1.165, 1.54) is 32.1 Å². The minimum absolute atomic E-state index is 0.0483. The fourth-order valence-electron chi connectivity index (χ4n) is 4.05. The Labute approximate surface area is 224 Å². The van der Waals surface area contributed by atoms with Gasteiger partial charge in [-0.2, -0.15) is 0 Å². The van der Waals surface area contributed by atoms with Gasteiger partial charge < -0.3 is 14.2 Å². The second-order valence-corrected chi connectivity index (χ2v) is 9.62. The lowest BCUT2D eigenvalue weighted by molar-refractivity contribution is -0.242. The predicted octanol–water partition coefficient (Wildman–Crippen LogP) is 7.94. The second-order valence-electron chi connectivity index (χ2n) is 9.62. The number of rotatable bonds is 26. The van der Waals surface area contributed by atoms with Gasteiger partial charge in [0, 0.05) is 6.42 Å². The molecule has 0 saturated heterocycles. The highest BCUT2D eigenvalue weighted by atomic mass is 17.1. The summed E-state index contributed by atoms with van der Waals surface area (Å²) in [5, 5.41) is 8.30. The van der Waals surface area contributed by atoms with E-state index in [9.17, 15) is 9.59 Å². The van der Waals surface area contributed by atoms with Crippen LogP contribution in [0, 0.1) is 0 Å². The van der Waals surface area contributed by atoms with Crippen LogP contribution in [0.25, 0.3) is 0 Å². The molecule has 0 bridgehead atoms. The van der Waals surface area contributed by atoms with Gasteiger partial charge >= 0.3 is 5.97 Å². The highest BCUT2D eigenvalue weighted by Crippen LogP contribution is 2.23. The third-order valence-corrected chi connectivity index (χ3v) is 6.30. The van der Waals surface area contributed by atoms with Crippen molar-refractivity contribution in [1.29, 1.82) is 0 Å². The molecule has 0 radical (unpaired) electrons. The second kappa shape index (κ2) is 24.2.